The van der Waals surface area contributed by atoms with Gasteiger partial charge in [-0.2, -0.15) is 4.31 Å². The summed E-state index contributed by atoms with van der Waals surface area (Å²) in [5.41, 5.74) is 1.63. The first kappa shape index (κ1) is 26.6. The number of sulfonamides is 1. The van der Waals surface area contributed by atoms with Gasteiger partial charge in [-0.1, -0.05) is 38.3 Å². The molecule has 1 aliphatic heterocycles. The molecule has 0 radical (unpaired) electrons. The minimum atomic E-state index is -3.92. The largest absolute Gasteiger partial charge is 0.487 e. The van der Waals surface area contributed by atoms with E-state index in [4.69, 9.17) is 4.74 Å². The third kappa shape index (κ3) is 5.58. The molecule has 0 saturated heterocycles. The highest BCUT2D eigenvalue weighted by atomic mass is 32.2. The number of aliphatic hydroxyl groups is 1. The van der Waals surface area contributed by atoms with Crippen LogP contribution in [0.25, 0.3) is 11.1 Å². The van der Waals surface area contributed by atoms with Crippen LogP contribution in [0.5, 0.6) is 5.75 Å². The van der Waals surface area contributed by atoms with E-state index in [1.165, 1.54) is 10.7 Å². The standard InChI is InChI=1S/C27H37N3O5S/c1-19-16-30(20(2)18-31)36(33,34)26-12-11-22(23-10-7-13-28-15-23)14-24(26)35-25(19)17-29(3)27(32)21-8-5-4-6-9-21/h7,10-15,19-21,25,31H,4-6,8-9,16-18H2,1-3H3/t19-,20+,25-/m1/s1. The van der Waals surface area contributed by atoms with E-state index >= 15 is 0 Å². The number of nitrogens with zero attached hydrogens (tertiary/aromatic N) is 3. The molecule has 3 atom stereocenters. The zero-order valence-corrected chi connectivity index (χ0v) is 22.2. The Morgan fingerprint density at radius 1 is 1.22 bits per heavy atom. The predicted octanol–water partition coefficient (Wildman–Crippen LogP) is 3.56. The van der Waals surface area contributed by atoms with Gasteiger partial charge in [0.15, 0.2) is 0 Å². The summed E-state index contributed by atoms with van der Waals surface area (Å²) in [6, 6.07) is 8.18. The first-order chi connectivity index (χ1) is 17.2. The lowest BCUT2D eigenvalue weighted by atomic mass is 9.88. The summed E-state index contributed by atoms with van der Waals surface area (Å²) in [6.07, 6.45) is 8.16. The SMILES string of the molecule is C[C@@H]1CN([C@@H](C)CO)S(=O)(=O)c2ccc(-c3cccnc3)cc2O[C@@H]1CN(C)C(=O)C1CCCCC1. The number of aliphatic hydroxyl groups excluding tert-OH is 1. The topological polar surface area (TPSA) is 100 Å². The third-order valence-electron chi connectivity index (χ3n) is 7.45. The molecule has 0 spiro atoms. The number of carbonyl (C=O) groups excluding carboxylic acids is 1. The fraction of sp³-hybridized carbons (Fsp3) is 0.556. The smallest absolute Gasteiger partial charge is 0.247 e. The van der Waals surface area contributed by atoms with Crippen molar-refractivity contribution in [1.29, 1.82) is 0 Å². The number of carbonyl (C=O) groups is 1. The normalized spacial score (nSPS) is 23.6. The predicted molar refractivity (Wildman–Crippen MR) is 138 cm³/mol. The molecular formula is C27H37N3O5S. The minimum absolute atomic E-state index is 0.0448. The van der Waals surface area contributed by atoms with Gasteiger partial charge >= 0.3 is 0 Å². The van der Waals surface area contributed by atoms with Crippen LogP contribution in [-0.2, 0) is 14.8 Å². The molecule has 0 bridgehead atoms. The molecule has 1 saturated carbocycles. The Morgan fingerprint density at radius 3 is 2.64 bits per heavy atom. The van der Waals surface area contributed by atoms with Crippen molar-refractivity contribution in [3.63, 3.8) is 0 Å². The lowest BCUT2D eigenvalue weighted by Gasteiger charge is -2.38. The maximum absolute atomic E-state index is 13.7. The Morgan fingerprint density at radius 2 is 1.97 bits per heavy atom. The fourth-order valence-corrected chi connectivity index (χ4v) is 7.00. The van der Waals surface area contributed by atoms with E-state index in [2.05, 4.69) is 4.98 Å². The average Bonchev–Trinajstić information content (AvgIpc) is 2.90. The van der Waals surface area contributed by atoms with Crippen LogP contribution < -0.4 is 4.74 Å². The zero-order valence-electron chi connectivity index (χ0n) is 21.3. The van der Waals surface area contributed by atoms with Gasteiger partial charge in [-0.05, 0) is 43.5 Å². The van der Waals surface area contributed by atoms with Crippen molar-refractivity contribution < 1.29 is 23.1 Å². The van der Waals surface area contributed by atoms with Crippen molar-refractivity contribution >= 4 is 15.9 Å². The molecule has 196 valence electrons. The van der Waals surface area contributed by atoms with E-state index in [0.717, 1.165) is 36.8 Å². The first-order valence-corrected chi connectivity index (χ1v) is 14.2. The molecule has 1 fully saturated rings. The number of pyridine rings is 1. The van der Waals surface area contributed by atoms with E-state index in [1.807, 2.05) is 26.1 Å². The number of hydrogen-bond donors (Lipinski definition) is 1. The first-order valence-electron chi connectivity index (χ1n) is 12.8. The molecule has 2 aromatic rings. The van der Waals surface area contributed by atoms with Crippen molar-refractivity contribution in [2.45, 2.75) is 63.0 Å². The van der Waals surface area contributed by atoms with Crippen LogP contribution >= 0.6 is 0 Å². The van der Waals surface area contributed by atoms with E-state index in [-0.39, 0.29) is 41.5 Å². The maximum atomic E-state index is 13.7. The number of ether oxygens (including phenoxy) is 1. The van der Waals surface area contributed by atoms with Gasteiger partial charge in [-0.15, -0.1) is 0 Å². The Hall–Kier alpha value is -2.49. The molecule has 2 aliphatic rings. The van der Waals surface area contributed by atoms with Gasteiger partial charge < -0.3 is 14.7 Å². The quantitative estimate of drug-likeness (QED) is 0.632. The zero-order chi connectivity index (χ0) is 25.9. The molecule has 9 heteroatoms. The van der Waals surface area contributed by atoms with Crippen molar-refractivity contribution in [3.8, 4) is 16.9 Å². The average molecular weight is 516 g/mol. The van der Waals surface area contributed by atoms with E-state index in [1.54, 1.807) is 42.4 Å². The molecule has 1 aliphatic carbocycles. The highest BCUT2D eigenvalue weighted by Crippen LogP contribution is 2.36. The van der Waals surface area contributed by atoms with Gasteiger partial charge in [-0.25, -0.2) is 8.42 Å². The molecule has 1 aromatic heterocycles. The van der Waals surface area contributed by atoms with E-state index < -0.39 is 22.2 Å². The highest BCUT2D eigenvalue weighted by molar-refractivity contribution is 7.89. The molecule has 1 amide bonds. The Kier molecular flexibility index (Phi) is 8.32. The number of likely N-dealkylation sites (N-methyl/N-ethyl adjacent to an activating group) is 1. The molecule has 1 aromatic carbocycles. The maximum Gasteiger partial charge on any atom is 0.247 e. The summed E-state index contributed by atoms with van der Waals surface area (Å²) in [6.45, 7) is 3.88. The minimum Gasteiger partial charge on any atom is -0.487 e. The molecule has 0 unspecified atom stereocenters. The number of amides is 1. The van der Waals surface area contributed by atoms with E-state index in [9.17, 15) is 18.3 Å². The van der Waals surface area contributed by atoms with E-state index in [0.29, 0.717) is 6.54 Å². The molecule has 1 N–H and O–H groups in total. The van der Waals surface area contributed by atoms with Crippen molar-refractivity contribution in [3.05, 3.63) is 42.7 Å². The van der Waals surface area contributed by atoms with Crippen molar-refractivity contribution in [2.24, 2.45) is 11.8 Å². The summed E-state index contributed by atoms with van der Waals surface area (Å²) in [5, 5.41) is 9.84. The number of hydrogen-bond acceptors (Lipinski definition) is 6. The second-order valence-electron chi connectivity index (χ2n) is 10.2. The lowest BCUT2D eigenvalue weighted by molar-refractivity contribution is -0.136. The summed E-state index contributed by atoms with van der Waals surface area (Å²) < 4.78 is 35.1. The summed E-state index contributed by atoms with van der Waals surface area (Å²) in [5.74, 6) is 0.209. The number of benzene rings is 1. The van der Waals surface area contributed by atoms with Crippen molar-refractivity contribution in [1.82, 2.24) is 14.2 Å². The van der Waals surface area contributed by atoms with Crippen LogP contribution in [0.1, 0.15) is 46.0 Å². The van der Waals surface area contributed by atoms with Gasteiger partial charge in [0.05, 0.1) is 13.2 Å². The fourth-order valence-electron chi connectivity index (χ4n) is 5.18. The second-order valence-corrected chi connectivity index (χ2v) is 12.1. The second kappa shape index (κ2) is 11.3. The number of rotatable bonds is 6. The van der Waals surface area contributed by atoms with Crippen LogP contribution in [0.4, 0.5) is 0 Å². The van der Waals surface area contributed by atoms with Crippen LogP contribution in [-0.4, -0.2) is 72.5 Å². The summed E-state index contributed by atoms with van der Waals surface area (Å²) in [7, 11) is -2.11. The lowest BCUT2D eigenvalue weighted by Crippen LogP contribution is -2.50. The molecule has 36 heavy (non-hydrogen) atoms. The van der Waals surface area contributed by atoms with Crippen molar-refractivity contribution in [2.75, 3.05) is 26.7 Å². The number of aromatic nitrogens is 1. The monoisotopic (exact) mass is 515 g/mol. The Balaban J connectivity index is 1.70. The highest BCUT2D eigenvalue weighted by Gasteiger charge is 2.39. The van der Waals surface area contributed by atoms with Gasteiger partial charge in [0, 0.05) is 49.4 Å². The van der Waals surface area contributed by atoms with Crippen LogP contribution in [0.3, 0.4) is 0 Å². The Labute approximate surface area is 214 Å². The van der Waals surface area contributed by atoms with Gasteiger partial charge in [0.2, 0.25) is 15.9 Å². The number of fused-ring (bicyclic) bond motifs is 1. The molecule has 2 heterocycles. The third-order valence-corrected chi connectivity index (χ3v) is 9.47. The van der Waals surface area contributed by atoms with Gasteiger partial charge in [-0.3, -0.25) is 9.78 Å². The molecule has 8 nitrogen and oxygen atoms in total. The van der Waals surface area contributed by atoms with Crippen LogP contribution in [0.15, 0.2) is 47.6 Å². The Bertz CT molecular complexity index is 1150. The molecule has 4 rings (SSSR count). The van der Waals surface area contributed by atoms with Gasteiger partial charge in [0.1, 0.15) is 16.7 Å². The van der Waals surface area contributed by atoms with Gasteiger partial charge in [0.25, 0.3) is 0 Å². The van der Waals surface area contributed by atoms with Crippen LogP contribution in [0.2, 0.25) is 0 Å². The molecular weight excluding hydrogens is 478 g/mol. The van der Waals surface area contributed by atoms with Crippen LogP contribution in [0, 0.1) is 11.8 Å². The summed E-state index contributed by atoms with van der Waals surface area (Å²) >= 11 is 0. The summed E-state index contributed by atoms with van der Waals surface area (Å²) in [4.78, 5) is 19.1.